The number of piperazine rings is 1. The molecular weight excluding hydrogens is 324 g/mol. The van der Waals surface area contributed by atoms with E-state index in [0.29, 0.717) is 17.9 Å². The molecule has 1 fully saturated rings. The van der Waals surface area contributed by atoms with Gasteiger partial charge < -0.3 is 15.0 Å². The molecule has 0 spiro atoms. The van der Waals surface area contributed by atoms with Gasteiger partial charge in [0.25, 0.3) is 5.91 Å². The van der Waals surface area contributed by atoms with E-state index in [9.17, 15) is 9.59 Å². The Bertz CT molecular complexity index is 561. The van der Waals surface area contributed by atoms with Crippen molar-refractivity contribution in [1.29, 1.82) is 0 Å². The molecule has 1 aromatic rings. The van der Waals surface area contributed by atoms with Gasteiger partial charge in [-0.05, 0) is 25.5 Å². The minimum absolute atomic E-state index is 0.0219. The molecule has 1 N–H and O–H groups in total. The fourth-order valence-electron chi connectivity index (χ4n) is 2.18. The number of rotatable bonds is 3. The van der Waals surface area contributed by atoms with E-state index in [0.717, 1.165) is 4.47 Å². The average molecular weight is 341 g/mol. The molecule has 2 amide bonds. The SMILES string of the molecule is CCC1(C)NC(=O)CN(c2cc(Br)cc(OC)c2)C1=O. The van der Waals surface area contributed by atoms with Crippen LogP contribution in [0.25, 0.3) is 0 Å². The topological polar surface area (TPSA) is 58.6 Å². The highest BCUT2D eigenvalue weighted by atomic mass is 79.9. The second-order valence-corrected chi connectivity index (χ2v) is 5.89. The number of anilines is 1. The molecule has 1 unspecified atom stereocenters. The van der Waals surface area contributed by atoms with E-state index in [2.05, 4.69) is 21.2 Å². The van der Waals surface area contributed by atoms with E-state index in [1.54, 1.807) is 32.2 Å². The standard InChI is InChI=1S/C14H17BrN2O3/c1-4-14(2)13(19)17(8-12(18)16-14)10-5-9(15)6-11(7-10)20-3/h5-7H,4,8H2,1-3H3,(H,16,18). The van der Waals surface area contributed by atoms with Crippen molar-refractivity contribution in [1.82, 2.24) is 5.32 Å². The zero-order valence-electron chi connectivity index (χ0n) is 11.7. The third kappa shape index (κ3) is 2.65. The van der Waals surface area contributed by atoms with Crippen LogP contribution in [0.3, 0.4) is 0 Å². The van der Waals surface area contributed by atoms with Gasteiger partial charge in [-0.1, -0.05) is 22.9 Å². The van der Waals surface area contributed by atoms with Gasteiger partial charge in [-0.3, -0.25) is 9.59 Å². The summed E-state index contributed by atoms with van der Waals surface area (Å²) in [6, 6.07) is 5.35. The summed E-state index contributed by atoms with van der Waals surface area (Å²) in [6.45, 7) is 3.64. The zero-order valence-corrected chi connectivity index (χ0v) is 13.3. The van der Waals surface area contributed by atoms with Crippen LogP contribution >= 0.6 is 15.9 Å². The second kappa shape index (κ2) is 5.44. The predicted octanol–water partition coefficient (Wildman–Crippen LogP) is 2.09. The number of benzene rings is 1. The van der Waals surface area contributed by atoms with Crippen LogP contribution in [0, 0.1) is 0 Å². The second-order valence-electron chi connectivity index (χ2n) is 4.97. The number of carbonyl (C=O) groups is 2. The van der Waals surface area contributed by atoms with Crippen LogP contribution in [-0.2, 0) is 9.59 Å². The van der Waals surface area contributed by atoms with Gasteiger partial charge in [0.1, 0.15) is 17.8 Å². The Morgan fingerprint density at radius 2 is 2.10 bits per heavy atom. The Kier molecular flexibility index (Phi) is 4.04. The summed E-state index contributed by atoms with van der Waals surface area (Å²) < 4.78 is 5.99. The average Bonchev–Trinajstić information content (AvgIpc) is 2.42. The van der Waals surface area contributed by atoms with Gasteiger partial charge in [0.2, 0.25) is 5.91 Å². The van der Waals surface area contributed by atoms with E-state index in [1.165, 1.54) is 4.90 Å². The van der Waals surface area contributed by atoms with Gasteiger partial charge in [-0.25, -0.2) is 0 Å². The molecule has 0 bridgehead atoms. The number of nitrogens with zero attached hydrogens (tertiary/aromatic N) is 1. The summed E-state index contributed by atoms with van der Waals surface area (Å²) in [5.74, 6) is 0.360. The molecule has 1 aliphatic rings. The van der Waals surface area contributed by atoms with Crippen molar-refractivity contribution in [2.75, 3.05) is 18.6 Å². The number of hydrogen-bond acceptors (Lipinski definition) is 3. The Hall–Kier alpha value is -1.56. The first kappa shape index (κ1) is 14.8. The van der Waals surface area contributed by atoms with Crippen molar-refractivity contribution < 1.29 is 14.3 Å². The first-order valence-corrected chi connectivity index (χ1v) is 7.16. The minimum Gasteiger partial charge on any atom is -0.497 e. The Labute approximate surface area is 126 Å². The van der Waals surface area contributed by atoms with Crippen molar-refractivity contribution in [2.24, 2.45) is 0 Å². The number of halogens is 1. The van der Waals surface area contributed by atoms with Crippen LogP contribution in [0.1, 0.15) is 20.3 Å². The summed E-state index contributed by atoms with van der Waals surface area (Å²) in [5, 5.41) is 2.76. The molecule has 0 aromatic heterocycles. The smallest absolute Gasteiger partial charge is 0.252 e. The van der Waals surface area contributed by atoms with Gasteiger partial charge in [-0.15, -0.1) is 0 Å². The molecule has 0 radical (unpaired) electrons. The van der Waals surface area contributed by atoms with Crippen molar-refractivity contribution in [3.63, 3.8) is 0 Å². The summed E-state index contributed by atoms with van der Waals surface area (Å²) in [4.78, 5) is 25.9. The van der Waals surface area contributed by atoms with Gasteiger partial charge >= 0.3 is 0 Å². The molecule has 1 atom stereocenters. The van der Waals surface area contributed by atoms with E-state index < -0.39 is 5.54 Å². The first-order valence-electron chi connectivity index (χ1n) is 6.37. The summed E-state index contributed by atoms with van der Waals surface area (Å²) >= 11 is 3.38. The van der Waals surface area contributed by atoms with Crippen molar-refractivity contribution in [2.45, 2.75) is 25.8 Å². The van der Waals surface area contributed by atoms with Gasteiger partial charge in [0, 0.05) is 16.2 Å². The van der Waals surface area contributed by atoms with Crippen LogP contribution in [0.4, 0.5) is 5.69 Å². The lowest BCUT2D eigenvalue weighted by Crippen LogP contribution is -2.65. The number of ether oxygens (including phenoxy) is 1. The monoisotopic (exact) mass is 340 g/mol. The van der Waals surface area contributed by atoms with Crippen LogP contribution in [0.2, 0.25) is 0 Å². The highest BCUT2D eigenvalue weighted by Crippen LogP contribution is 2.30. The maximum atomic E-state index is 12.6. The normalized spacial score (nSPS) is 22.7. The number of nitrogens with one attached hydrogen (secondary N) is 1. The van der Waals surface area contributed by atoms with Crippen LogP contribution < -0.4 is 15.0 Å². The third-order valence-corrected chi connectivity index (χ3v) is 4.00. The lowest BCUT2D eigenvalue weighted by molar-refractivity contribution is -0.135. The number of hydrogen-bond donors (Lipinski definition) is 1. The molecule has 6 heteroatoms. The fourth-order valence-corrected chi connectivity index (χ4v) is 2.64. The largest absolute Gasteiger partial charge is 0.497 e. The lowest BCUT2D eigenvalue weighted by Gasteiger charge is -2.39. The summed E-state index contributed by atoms with van der Waals surface area (Å²) in [7, 11) is 1.56. The first-order chi connectivity index (χ1) is 9.39. The van der Waals surface area contributed by atoms with E-state index in [4.69, 9.17) is 4.74 Å². The van der Waals surface area contributed by atoms with Gasteiger partial charge in [-0.2, -0.15) is 0 Å². The molecule has 108 valence electrons. The molecule has 0 saturated carbocycles. The fraction of sp³-hybridized carbons (Fsp3) is 0.429. The molecule has 1 heterocycles. The molecule has 0 aliphatic carbocycles. The Balaban J connectivity index is 2.43. The van der Waals surface area contributed by atoms with Gasteiger partial charge in [0.05, 0.1) is 7.11 Å². The highest BCUT2D eigenvalue weighted by Gasteiger charge is 2.42. The molecule has 1 aliphatic heterocycles. The molecule has 1 saturated heterocycles. The van der Waals surface area contributed by atoms with Crippen molar-refractivity contribution in [3.05, 3.63) is 22.7 Å². The Morgan fingerprint density at radius 1 is 1.40 bits per heavy atom. The van der Waals surface area contributed by atoms with Crippen molar-refractivity contribution >= 4 is 33.4 Å². The predicted molar refractivity (Wildman–Crippen MR) is 79.9 cm³/mol. The molecular formula is C14H17BrN2O3. The number of methoxy groups -OCH3 is 1. The molecule has 1 aromatic carbocycles. The quantitative estimate of drug-likeness (QED) is 0.916. The van der Waals surface area contributed by atoms with Crippen LogP contribution in [-0.4, -0.2) is 31.0 Å². The van der Waals surface area contributed by atoms with E-state index >= 15 is 0 Å². The maximum Gasteiger partial charge on any atom is 0.252 e. The molecule has 2 rings (SSSR count). The third-order valence-electron chi connectivity index (χ3n) is 3.54. The maximum absolute atomic E-state index is 12.6. The summed E-state index contributed by atoms with van der Waals surface area (Å²) in [6.07, 6.45) is 0.541. The molecule has 5 nitrogen and oxygen atoms in total. The Morgan fingerprint density at radius 3 is 2.70 bits per heavy atom. The van der Waals surface area contributed by atoms with Crippen LogP contribution in [0.5, 0.6) is 5.75 Å². The zero-order chi connectivity index (χ0) is 14.9. The van der Waals surface area contributed by atoms with Crippen LogP contribution in [0.15, 0.2) is 22.7 Å². The highest BCUT2D eigenvalue weighted by molar-refractivity contribution is 9.10. The number of amides is 2. The number of carbonyl (C=O) groups excluding carboxylic acids is 2. The molecule has 20 heavy (non-hydrogen) atoms. The summed E-state index contributed by atoms with van der Waals surface area (Å²) in [5.41, 5.74) is -0.207. The van der Waals surface area contributed by atoms with Crippen molar-refractivity contribution in [3.8, 4) is 5.75 Å². The van der Waals surface area contributed by atoms with E-state index in [1.807, 2.05) is 6.92 Å². The van der Waals surface area contributed by atoms with E-state index in [-0.39, 0.29) is 18.4 Å². The lowest BCUT2D eigenvalue weighted by atomic mass is 9.94. The van der Waals surface area contributed by atoms with Gasteiger partial charge in [0.15, 0.2) is 0 Å². The minimum atomic E-state index is -0.856.